The number of nitrogens with one attached hydrogen (secondary N) is 1. The van der Waals surface area contributed by atoms with Gasteiger partial charge in [-0.15, -0.1) is 0 Å². The Balaban J connectivity index is 1.26. The minimum atomic E-state index is -4.42. The largest absolute Gasteiger partial charge is 0.489 e. The van der Waals surface area contributed by atoms with Crippen LogP contribution in [0.2, 0.25) is 5.02 Å². The minimum absolute atomic E-state index is 0.138. The van der Waals surface area contributed by atoms with E-state index in [1.165, 1.54) is 12.1 Å². The van der Waals surface area contributed by atoms with Crippen LogP contribution in [-0.4, -0.2) is 52.0 Å². The number of benzene rings is 2. The molecule has 1 aliphatic heterocycles. The summed E-state index contributed by atoms with van der Waals surface area (Å²) >= 11 is 6.47. The van der Waals surface area contributed by atoms with Crippen molar-refractivity contribution in [3.63, 3.8) is 0 Å². The van der Waals surface area contributed by atoms with Gasteiger partial charge in [-0.05, 0) is 87.4 Å². The highest BCUT2D eigenvalue weighted by atomic mass is 35.5. The first-order valence-electron chi connectivity index (χ1n) is 12.5. The summed E-state index contributed by atoms with van der Waals surface area (Å²) in [5, 5.41) is 23.5. The van der Waals surface area contributed by atoms with E-state index in [2.05, 4.69) is 5.32 Å². The second kappa shape index (κ2) is 11.1. The zero-order valence-corrected chi connectivity index (χ0v) is 21.4. The number of nitrogens with zero attached hydrogens (tertiary/aromatic N) is 1. The summed E-state index contributed by atoms with van der Waals surface area (Å²) in [4.78, 5) is 15.0. The summed E-state index contributed by atoms with van der Waals surface area (Å²) in [6, 6.07) is 9.68. The molecule has 2 unspecified atom stereocenters. The van der Waals surface area contributed by atoms with Gasteiger partial charge in [0.15, 0.2) is 6.23 Å². The molecule has 2 aromatic rings. The maximum absolute atomic E-state index is 13.0. The lowest BCUT2D eigenvalue weighted by Crippen LogP contribution is -2.43. The van der Waals surface area contributed by atoms with E-state index in [1.54, 1.807) is 18.2 Å². The van der Waals surface area contributed by atoms with Crippen LogP contribution in [0.1, 0.15) is 50.2 Å². The molecular weight excluding hydrogens is 509 g/mol. The summed E-state index contributed by atoms with van der Waals surface area (Å²) in [5.41, 5.74) is -0.242. The predicted molar refractivity (Wildman–Crippen MR) is 134 cm³/mol. The molecule has 2 fully saturated rings. The maximum Gasteiger partial charge on any atom is 0.416 e. The van der Waals surface area contributed by atoms with Gasteiger partial charge in [-0.1, -0.05) is 17.7 Å². The molecule has 1 amide bonds. The first-order chi connectivity index (χ1) is 17.4. The summed E-state index contributed by atoms with van der Waals surface area (Å²) in [5.74, 6) is 0.428. The smallest absolute Gasteiger partial charge is 0.416 e. The number of aliphatic hydroxyl groups excluding tert-OH is 1. The molecule has 1 saturated carbocycles. The lowest BCUT2D eigenvalue weighted by atomic mass is 9.83. The molecule has 10 heteroatoms. The molecular formula is C27H32ClF3N2O4. The molecule has 0 spiro atoms. The molecule has 0 radical (unpaired) electrons. The van der Waals surface area contributed by atoms with Crippen LogP contribution in [0.3, 0.4) is 0 Å². The highest BCUT2D eigenvalue weighted by Crippen LogP contribution is 2.35. The topological polar surface area (TPSA) is 82.0 Å². The number of amides is 1. The van der Waals surface area contributed by atoms with E-state index >= 15 is 0 Å². The lowest BCUT2D eigenvalue weighted by Gasteiger charge is -2.37. The van der Waals surface area contributed by atoms with Gasteiger partial charge in [0, 0.05) is 29.2 Å². The number of anilines is 1. The second-order valence-corrected chi connectivity index (χ2v) is 10.7. The van der Waals surface area contributed by atoms with E-state index in [1.807, 2.05) is 11.8 Å². The number of carbonyl (C=O) groups is 1. The van der Waals surface area contributed by atoms with Gasteiger partial charge in [-0.3, -0.25) is 4.79 Å². The van der Waals surface area contributed by atoms with Crippen molar-refractivity contribution >= 4 is 23.2 Å². The molecule has 2 aliphatic rings. The fraction of sp³-hybridized carbons (Fsp3) is 0.519. The van der Waals surface area contributed by atoms with Crippen molar-refractivity contribution < 1.29 is 32.9 Å². The van der Waals surface area contributed by atoms with Gasteiger partial charge >= 0.3 is 6.18 Å². The van der Waals surface area contributed by atoms with Crippen molar-refractivity contribution in [3.8, 4) is 5.75 Å². The fourth-order valence-electron chi connectivity index (χ4n) is 5.06. The van der Waals surface area contributed by atoms with E-state index in [-0.39, 0.29) is 24.5 Å². The molecule has 202 valence electrons. The molecule has 4 rings (SSSR count). The Morgan fingerprint density at radius 2 is 1.84 bits per heavy atom. The summed E-state index contributed by atoms with van der Waals surface area (Å²) < 4.78 is 43.6. The summed E-state index contributed by atoms with van der Waals surface area (Å²) in [6.07, 6.45) is -1.24. The van der Waals surface area contributed by atoms with E-state index in [9.17, 15) is 28.2 Å². The zero-order chi connectivity index (χ0) is 26.8. The number of rotatable bonds is 8. The summed E-state index contributed by atoms with van der Waals surface area (Å²) in [7, 11) is 0. The highest BCUT2D eigenvalue weighted by molar-refractivity contribution is 6.31. The van der Waals surface area contributed by atoms with E-state index in [0.717, 1.165) is 43.5 Å². The number of ether oxygens (including phenoxy) is 1. The number of aliphatic hydroxyl groups is 2. The van der Waals surface area contributed by atoms with Crippen molar-refractivity contribution in [2.24, 2.45) is 5.92 Å². The van der Waals surface area contributed by atoms with Gasteiger partial charge < -0.3 is 25.2 Å². The number of hydrogen-bond donors (Lipinski definition) is 3. The normalized spacial score (nSPS) is 25.3. The van der Waals surface area contributed by atoms with Crippen LogP contribution < -0.4 is 10.1 Å². The molecule has 0 aromatic heterocycles. The van der Waals surface area contributed by atoms with Crippen LogP contribution in [0.4, 0.5) is 18.9 Å². The van der Waals surface area contributed by atoms with Crippen molar-refractivity contribution in [2.45, 2.75) is 69.5 Å². The number of likely N-dealkylation sites (tertiary alicyclic amines) is 1. The highest BCUT2D eigenvalue weighted by Gasteiger charge is 2.39. The molecule has 3 N–H and O–H groups in total. The van der Waals surface area contributed by atoms with Gasteiger partial charge in [-0.2, -0.15) is 13.2 Å². The van der Waals surface area contributed by atoms with Crippen molar-refractivity contribution in [2.75, 3.05) is 18.5 Å². The summed E-state index contributed by atoms with van der Waals surface area (Å²) in [6.45, 7) is 2.42. The Hall–Kier alpha value is -2.49. The molecule has 1 saturated heterocycles. The standard InChI is InChI=1S/C27H32ClF3N2O4/c1-26(36)11-8-21(9-12-26)33-13-10-18(25(33)35)14-17-2-7-22(15-23(17)28)37-16-24(34)32-20-5-3-19(4-6-20)27(29,30)31/h2-7,15,18,21,24,32,34,36H,8-14,16H2,1H3. The van der Waals surface area contributed by atoms with Crippen molar-refractivity contribution in [1.82, 2.24) is 4.90 Å². The van der Waals surface area contributed by atoms with E-state index < -0.39 is 23.6 Å². The van der Waals surface area contributed by atoms with E-state index in [0.29, 0.717) is 35.7 Å². The quantitative estimate of drug-likeness (QED) is 0.398. The lowest BCUT2D eigenvalue weighted by molar-refractivity contribution is -0.137. The molecule has 2 aromatic carbocycles. The maximum atomic E-state index is 13.0. The molecule has 0 bridgehead atoms. The minimum Gasteiger partial charge on any atom is -0.489 e. The Morgan fingerprint density at radius 3 is 2.46 bits per heavy atom. The number of carbonyl (C=O) groups excluding carboxylic acids is 1. The first-order valence-corrected chi connectivity index (χ1v) is 12.8. The molecule has 6 nitrogen and oxygen atoms in total. The van der Waals surface area contributed by atoms with Gasteiger partial charge in [0.2, 0.25) is 5.91 Å². The Labute approximate surface area is 219 Å². The molecule has 1 heterocycles. The average molecular weight is 541 g/mol. The Morgan fingerprint density at radius 1 is 1.16 bits per heavy atom. The third-order valence-electron chi connectivity index (χ3n) is 7.27. The monoisotopic (exact) mass is 540 g/mol. The van der Waals surface area contributed by atoms with Gasteiger partial charge in [0.05, 0.1) is 11.2 Å². The third-order valence-corrected chi connectivity index (χ3v) is 7.62. The SMILES string of the molecule is CC1(O)CCC(N2CCC(Cc3ccc(OCC(O)Nc4ccc(C(F)(F)F)cc4)cc3Cl)C2=O)CC1. The molecule has 2 atom stereocenters. The molecule has 1 aliphatic carbocycles. The van der Waals surface area contributed by atoms with E-state index in [4.69, 9.17) is 16.3 Å². The van der Waals surface area contributed by atoms with Gasteiger partial charge in [-0.25, -0.2) is 0 Å². The third kappa shape index (κ3) is 7.09. The van der Waals surface area contributed by atoms with Crippen LogP contribution in [0.5, 0.6) is 5.75 Å². The predicted octanol–water partition coefficient (Wildman–Crippen LogP) is 5.25. The zero-order valence-electron chi connectivity index (χ0n) is 20.6. The Bertz CT molecular complexity index is 1080. The number of halogens is 4. The Kier molecular flexibility index (Phi) is 8.26. The number of hydrogen-bond acceptors (Lipinski definition) is 5. The fourth-order valence-corrected chi connectivity index (χ4v) is 5.31. The van der Waals surface area contributed by atoms with Crippen molar-refractivity contribution in [1.29, 1.82) is 0 Å². The second-order valence-electron chi connectivity index (χ2n) is 10.2. The van der Waals surface area contributed by atoms with Gasteiger partial charge in [0.25, 0.3) is 0 Å². The van der Waals surface area contributed by atoms with Crippen molar-refractivity contribution in [3.05, 3.63) is 58.6 Å². The van der Waals surface area contributed by atoms with Crippen LogP contribution in [-0.2, 0) is 17.4 Å². The average Bonchev–Trinajstić information content (AvgIpc) is 3.19. The van der Waals surface area contributed by atoms with Crippen LogP contribution in [0.25, 0.3) is 0 Å². The van der Waals surface area contributed by atoms with Crippen LogP contribution >= 0.6 is 11.6 Å². The van der Waals surface area contributed by atoms with Crippen LogP contribution in [0, 0.1) is 5.92 Å². The number of alkyl halides is 3. The van der Waals surface area contributed by atoms with Crippen LogP contribution in [0.15, 0.2) is 42.5 Å². The molecule has 37 heavy (non-hydrogen) atoms. The van der Waals surface area contributed by atoms with Gasteiger partial charge in [0.1, 0.15) is 12.4 Å². The first kappa shape index (κ1) is 27.5.